The van der Waals surface area contributed by atoms with E-state index in [2.05, 4.69) is 54.8 Å². The summed E-state index contributed by atoms with van der Waals surface area (Å²) in [5.74, 6) is 1.03. The minimum Gasteiger partial charge on any atom is -0.317 e. The van der Waals surface area contributed by atoms with Gasteiger partial charge < -0.3 is 5.32 Å². The van der Waals surface area contributed by atoms with Crippen LogP contribution < -0.4 is 5.32 Å². The molecule has 1 atom stereocenters. The summed E-state index contributed by atoms with van der Waals surface area (Å²) in [5.41, 5.74) is 1.48. The van der Waals surface area contributed by atoms with E-state index in [-0.39, 0.29) is 0 Å². The third kappa shape index (κ3) is 3.16. The largest absolute Gasteiger partial charge is 0.317 e. The van der Waals surface area contributed by atoms with Crippen molar-refractivity contribution in [3.8, 4) is 0 Å². The molecule has 0 radical (unpaired) electrons. The van der Waals surface area contributed by atoms with Gasteiger partial charge in [0, 0.05) is 6.04 Å². The summed E-state index contributed by atoms with van der Waals surface area (Å²) in [6.45, 7) is 0. The van der Waals surface area contributed by atoms with Crippen LogP contribution in [0.4, 0.5) is 0 Å². The molecule has 1 nitrogen and oxygen atoms in total. The molecule has 0 bridgehead atoms. The van der Waals surface area contributed by atoms with Crippen molar-refractivity contribution in [2.24, 2.45) is 5.92 Å². The van der Waals surface area contributed by atoms with Crippen LogP contribution in [0.5, 0.6) is 0 Å². The van der Waals surface area contributed by atoms with E-state index in [4.69, 9.17) is 0 Å². The summed E-state index contributed by atoms with van der Waals surface area (Å²) < 4.78 is 0. The number of benzene rings is 2. The number of rotatable bonds is 6. The Kier molecular flexibility index (Phi) is 3.84. The van der Waals surface area contributed by atoms with E-state index in [1.165, 1.54) is 42.0 Å². The molecule has 0 spiro atoms. The van der Waals surface area contributed by atoms with Crippen LogP contribution in [-0.2, 0) is 6.42 Å². The van der Waals surface area contributed by atoms with Crippen molar-refractivity contribution in [3.63, 3.8) is 0 Å². The van der Waals surface area contributed by atoms with Crippen molar-refractivity contribution in [1.82, 2.24) is 5.32 Å². The van der Waals surface area contributed by atoms with Gasteiger partial charge in [-0.1, -0.05) is 55.3 Å². The topological polar surface area (TPSA) is 12.0 Å². The van der Waals surface area contributed by atoms with Crippen LogP contribution in [0.3, 0.4) is 0 Å². The van der Waals surface area contributed by atoms with Gasteiger partial charge in [-0.25, -0.2) is 0 Å². The van der Waals surface area contributed by atoms with Gasteiger partial charge in [0.25, 0.3) is 0 Å². The van der Waals surface area contributed by atoms with Gasteiger partial charge in [0.05, 0.1) is 0 Å². The second-order valence-electron chi connectivity index (χ2n) is 5.85. The smallest absolute Gasteiger partial charge is 0.0105 e. The van der Waals surface area contributed by atoms with Crippen LogP contribution in [0.25, 0.3) is 10.8 Å². The summed E-state index contributed by atoms with van der Waals surface area (Å²) in [4.78, 5) is 0. The SMILES string of the molecule is CNC(CCC1CC1)Cc1cccc2ccccc12. The summed E-state index contributed by atoms with van der Waals surface area (Å²) in [7, 11) is 2.10. The molecule has 0 aromatic heterocycles. The summed E-state index contributed by atoms with van der Waals surface area (Å²) in [6.07, 6.45) is 6.78. The quantitative estimate of drug-likeness (QED) is 0.815. The van der Waals surface area contributed by atoms with Gasteiger partial charge in [-0.05, 0) is 48.6 Å². The van der Waals surface area contributed by atoms with Gasteiger partial charge in [0.2, 0.25) is 0 Å². The fourth-order valence-corrected chi connectivity index (χ4v) is 2.93. The molecule has 0 heterocycles. The van der Waals surface area contributed by atoms with E-state index in [1.807, 2.05) is 0 Å². The average molecular weight is 253 g/mol. The Bertz CT molecular complexity index is 537. The predicted molar refractivity (Wildman–Crippen MR) is 82.5 cm³/mol. The average Bonchev–Trinajstić information content (AvgIpc) is 3.28. The highest BCUT2D eigenvalue weighted by molar-refractivity contribution is 5.85. The fourth-order valence-electron chi connectivity index (χ4n) is 2.93. The Balaban J connectivity index is 1.74. The van der Waals surface area contributed by atoms with E-state index >= 15 is 0 Å². The van der Waals surface area contributed by atoms with Crippen LogP contribution >= 0.6 is 0 Å². The molecule has 2 aromatic carbocycles. The van der Waals surface area contributed by atoms with Crippen LogP contribution in [0.2, 0.25) is 0 Å². The molecule has 1 heteroatoms. The Hall–Kier alpha value is -1.34. The van der Waals surface area contributed by atoms with Gasteiger partial charge >= 0.3 is 0 Å². The van der Waals surface area contributed by atoms with Crippen molar-refractivity contribution in [2.45, 2.75) is 38.1 Å². The number of nitrogens with one attached hydrogen (secondary N) is 1. The van der Waals surface area contributed by atoms with Gasteiger partial charge in [0.15, 0.2) is 0 Å². The van der Waals surface area contributed by atoms with Crippen molar-refractivity contribution < 1.29 is 0 Å². The van der Waals surface area contributed by atoms with Crippen LogP contribution in [0, 0.1) is 5.92 Å². The molecule has 19 heavy (non-hydrogen) atoms. The molecule has 1 aliphatic carbocycles. The first-order valence-corrected chi connectivity index (χ1v) is 7.50. The monoisotopic (exact) mass is 253 g/mol. The summed E-state index contributed by atoms with van der Waals surface area (Å²) >= 11 is 0. The zero-order chi connectivity index (χ0) is 13.1. The molecule has 1 N–H and O–H groups in total. The first-order chi connectivity index (χ1) is 9.36. The number of fused-ring (bicyclic) bond motifs is 1. The lowest BCUT2D eigenvalue weighted by molar-refractivity contribution is 0.486. The lowest BCUT2D eigenvalue weighted by Gasteiger charge is -2.17. The maximum absolute atomic E-state index is 3.50. The van der Waals surface area contributed by atoms with E-state index in [1.54, 1.807) is 0 Å². The van der Waals surface area contributed by atoms with Crippen molar-refractivity contribution >= 4 is 10.8 Å². The number of hydrogen-bond donors (Lipinski definition) is 1. The third-order valence-electron chi connectivity index (χ3n) is 4.37. The molecule has 100 valence electrons. The van der Waals surface area contributed by atoms with Gasteiger partial charge in [-0.15, -0.1) is 0 Å². The van der Waals surface area contributed by atoms with Crippen LogP contribution in [0.15, 0.2) is 42.5 Å². The second-order valence-corrected chi connectivity index (χ2v) is 5.85. The first kappa shape index (κ1) is 12.7. The van der Waals surface area contributed by atoms with Crippen molar-refractivity contribution in [2.75, 3.05) is 7.05 Å². The highest BCUT2D eigenvalue weighted by Crippen LogP contribution is 2.34. The Labute approximate surface area is 116 Å². The standard InChI is InChI=1S/C18H23N/c1-19-17(12-11-14-9-10-14)13-16-7-4-6-15-5-2-3-8-18(15)16/h2-8,14,17,19H,9-13H2,1H3. The lowest BCUT2D eigenvalue weighted by atomic mass is 9.96. The number of likely N-dealkylation sites (N-methyl/N-ethyl adjacent to an activating group) is 1. The molecule has 3 rings (SSSR count). The van der Waals surface area contributed by atoms with Gasteiger partial charge in [-0.2, -0.15) is 0 Å². The fraction of sp³-hybridized carbons (Fsp3) is 0.444. The molecular formula is C18H23N. The van der Waals surface area contributed by atoms with Crippen molar-refractivity contribution in [1.29, 1.82) is 0 Å². The molecule has 0 amide bonds. The predicted octanol–water partition coefficient (Wildman–Crippen LogP) is 4.16. The van der Waals surface area contributed by atoms with Gasteiger partial charge in [-0.3, -0.25) is 0 Å². The summed E-state index contributed by atoms with van der Waals surface area (Å²) in [5, 5.41) is 6.27. The molecule has 2 aromatic rings. The normalized spacial score (nSPS) is 16.7. The van der Waals surface area contributed by atoms with Crippen molar-refractivity contribution in [3.05, 3.63) is 48.0 Å². The first-order valence-electron chi connectivity index (χ1n) is 7.50. The van der Waals surface area contributed by atoms with Crippen LogP contribution in [0.1, 0.15) is 31.2 Å². The van der Waals surface area contributed by atoms with E-state index in [0.29, 0.717) is 6.04 Å². The second kappa shape index (κ2) is 5.75. The molecule has 1 saturated carbocycles. The maximum atomic E-state index is 3.50. The zero-order valence-corrected chi connectivity index (χ0v) is 11.7. The molecule has 0 aliphatic heterocycles. The van der Waals surface area contributed by atoms with E-state index in [0.717, 1.165) is 12.3 Å². The van der Waals surface area contributed by atoms with Gasteiger partial charge in [0.1, 0.15) is 0 Å². The third-order valence-corrected chi connectivity index (χ3v) is 4.37. The highest BCUT2D eigenvalue weighted by atomic mass is 14.9. The minimum absolute atomic E-state index is 0.617. The zero-order valence-electron chi connectivity index (χ0n) is 11.7. The Morgan fingerprint density at radius 1 is 1.11 bits per heavy atom. The Morgan fingerprint density at radius 3 is 2.68 bits per heavy atom. The Morgan fingerprint density at radius 2 is 1.89 bits per heavy atom. The minimum atomic E-state index is 0.617. The molecule has 1 unspecified atom stereocenters. The van der Waals surface area contributed by atoms with E-state index < -0.39 is 0 Å². The number of hydrogen-bond acceptors (Lipinski definition) is 1. The summed E-state index contributed by atoms with van der Waals surface area (Å²) in [6, 6.07) is 16.0. The molecule has 0 saturated heterocycles. The maximum Gasteiger partial charge on any atom is 0.0105 e. The lowest BCUT2D eigenvalue weighted by Crippen LogP contribution is -2.27. The molecular weight excluding hydrogens is 230 g/mol. The van der Waals surface area contributed by atoms with Crippen LogP contribution in [-0.4, -0.2) is 13.1 Å². The molecule has 1 fully saturated rings. The molecule has 1 aliphatic rings. The van der Waals surface area contributed by atoms with E-state index in [9.17, 15) is 0 Å². The highest BCUT2D eigenvalue weighted by Gasteiger charge is 2.22.